The average molecular weight is 360 g/mol. The van der Waals surface area contributed by atoms with Gasteiger partial charge in [-0.15, -0.1) is 0 Å². The minimum absolute atomic E-state index is 0.218. The zero-order valence-electron chi connectivity index (χ0n) is 14.9. The number of aliphatic hydroxyl groups excluding tert-OH is 1. The summed E-state index contributed by atoms with van der Waals surface area (Å²) in [6.45, 7) is 6.29. The molecule has 0 saturated carbocycles. The lowest BCUT2D eigenvalue weighted by Crippen LogP contribution is -2.52. The molecule has 0 aliphatic carbocycles. The van der Waals surface area contributed by atoms with Crippen LogP contribution in [0.3, 0.4) is 0 Å². The molecule has 1 aliphatic heterocycles. The molecule has 1 aliphatic rings. The van der Waals surface area contributed by atoms with Gasteiger partial charge in [-0.05, 0) is 43.3 Å². The molecule has 0 radical (unpaired) electrons. The Kier molecular flexibility index (Phi) is 6.12. The molecule has 1 atom stereocenters. The molecule has 3 rings (SSSR count). The summed E-state index contributed by atoms with van der Waals surface area (Å²) in [5, 5.41) is 13.4. The fraction of sp³-hybridized carbons (Fsp3) is 0.421. The van der Waals surface area contributed by atoms with E-state index in [1.54, 1.807) is 18.4 Å². The monoisotopic (exact) mass is 360 g/mol. The number of anilines is 1. The van der Waals surface area contributed by atoms with E-state index in [0.29, 0.717) is 5.76 Å². The molecule has 2 heterocycles. The van der Waals surface area contributed by atoms with Gasteiger partial charge in [-0.25, -0.2) is 9.38 Å². The summed E-state index contributed by atoms with van der Waals surface area (Å²) in [5.74, 6) is 1.09. The molecular weight excluding hydrogens is 335 g/mol. The van der Waals surface area contributed by atoms with Gasteiger partial charge in [-0.2, -0.15) is 0 Å². The number of nitrogens with zero attached hydrogens (tertiary/aromatic N) is 3. The molecule has 2 N–H and O–H groups in total. The number of hydrogen-bond donors (Lipinski definition) is 2. The Bertz CT molecular complexity index is 695. The standard InChI is InChI=1S/C19H25FN4O2/c1-2-21-19(22-14-17(25)18-4-3-13-26-18)24-11-9-23(10-12-24)16-7-5-15(20)6-8-16/h3-8,13,17,25H,2,9-12,14H2,1H3,(H,21,22). The number of nitrogens with one attached hydrogen (secondary N) is 1. The minimum atomic E-state index is -0.751. The highest BCUT2D eigenvalue weighted by Gasteiger charge is 2.20. The molecule has 0 spiro atoms. The Morgan fingerprint density at radius 2 is 1.96 bits per heavy atom. The Labute approximate surface area is 152 Å². The van der Waals surface area contributed by atoms with Gasteiger partial charge < -0.3 is 24.6 Å². The molecule has 0 bridgehead atoms. The summed E-state index contributed by atoms with van der Waals surface area (Å²) < 4.78 is 18.3. The molecule has 140 valence electrons. The van der Waals surface area contributed by atoms with E-state index >= 15 is 0 Å². The normalized spacial score (nSPS) is 16.7. The van der Waals surface area contributed by atoms with Crippen LogP contribution >= 0.6 is 0 Å². The maximum absolute atomic E-state index is 13.1. The number of furan rings is 1. The van der Waals surface area contributed by atoms with Crippen molar-refractivity contribution >= 4 is 11.6 Å². The van der Waals surface area contributed by atoms with Gasteiger partial charge in [0.1, 0.15) is 17.7 Å². The van der Waals surface area contributed by atoms with Gasteiger partial charge in [-0.3, -0.25) is 0 Å². The van der Waals surface area contributed by atoms with Crippen molar-refractivity contribution in [3.63, 3.8) is 0 Å². The lowest BCUT2D eigenvalue weighted by Gasteiger charge is -2.37. The zero-order valence-corrected chi connectivity index (χ0v) is 14.9. The van der Waals surface area contributed by atoms with Crippen LogP contribution in [0.2, 0.25) is 0 Å². The highest BCUT2D eigenvalue weighted by molar-refractivity contribution is 5.80. The maximum Gasteiger partial charge on any atom is 0.194 e. The molecule has 1 saturated heterocycles. The summed E-state index contributed by atoms with van der Waals surface area (Å²) in [7, 11) is 0. The Balaban J connectivity index is 1.59. The fourth-order valence-electron chi connectivity index (χ4n) is 3.00. The van der Waals surface area contributed by atoms with E-state index in [0.717, 1.165) is 44.4 Å². The molecule has 0 amide bonds. The molecule has 1 aromatic carbocycles. The first-order chi connectivity index (χ1) is 12.7. The van der Waals surface area contributed by atoms with Crippen LogP contribution in [0.1, 0.15) is 18.8 Å². The summed E-state index contributed by atoms with van der Waals surface area (Å²) >= 11 is 0. The number of rotatable bonds is 5. The van der Waals surface area contributed by atoms with Crippen molar-refractivity contribution in [1.29, 1.82) is 0 Å². The number of piperazine rings is 1. The molecule has 6 nitrogen and oxygen atoms in total. The number of guanidine groups is 1. The first-order valence-electron chi connectivity index (χ1n) is 8.92. The van der Waals surface area contributed by atoms with Gasteiger partial charge in [0.2, 0.25) is 0 Å². The van der Waals surface area contributed by atoms with Crippen molar-refractivity contribution in [2.75, 3.05) is 44.2 Å². The van der Waals surface area contributed by atoms with Gasteiger partial charge in [0, 0.05) is 38.4 Å². The number of aliphatic imine (C=N–C) groups is 1. The van der Waals surface area contributed by atoms with Crippen LogP contribution < -0.4 is 10.2 Å². The fourth-order valence-corrected chi connectivity index (χ4v) is 3.00. The van der Waals surface area contributed by atoms with Crippen LogP contribution in [0.5, 0.6) is 0 Å². The van der Waals surface area contributed by atoms with E-state index in [4.69, 9.17) is 4.42 Å². The summed E-state index contributed by atoms with van der Waals surface area (Å²) in [5.41, 5.74) is 1.03. The van der Waals surface area contributed by atoms with Crippen molar-refractivity contribution in [3.8, 4) is 0 Å². The quantitative estimate of drug-likeness (QED) is 0.632. The van der Waals surface area contributed by atoms with Crippen LogP contribution in [0, 0.1) is 5.82 Å². The van der Waals surface area contributed by atoms with Crippen LogP contribution in [0.25, 0.3) is 0 Å². The third kappa shape index (κ3) is 4.54. The van der Waals surface area contributed by atoms with E-state index < -0.39 is 6.10 Å². The summed E-state index contributed by atoms with van der Waals surface area (Å²) in [6, 6.07) is 10.1. The maximum atomic E-state index is 13.1. The number of benzene rings is 1. The smallest absolute Gasteiger partial charge is 0.194 e. The SMILES string of the molecule is CCNC(=NCC(O)c1ccco1)N1CCN(c2ccc(F)cc2)CC1. The molecule has 2 aromatic rings. The second kappa shape index (κ2) is 8.71. The van der Waals surface area contributed by atoms with E-state index in [1.165, 1.54) is 12.1 Å². The summed E-state index contributed by atoms with van der Waals surface area (Å²) in [4.78, 5) is 8.97. The predicted molar refractivity (Wildman–Crippen MR) is 99.8 cm³/mol. The van der Waals surface area contributed by atoms with Crippen LogP contribution in [0.4, 0.5) is 10.1 Å². The highest BCUT2D eigenvalue weighted by Crippen LogP contribution is 2.17. The lowest BCUT2D eigenvalue weighted by molar-refractivity contribution is 0.158. The molecular formula is C19H25FN4O2. The summed E-state index contributed by atoms with van der Waals surface area (Å²) in [6.07, 6.45) is 0.793. The largest absolute Gasteiger partial charge is 0.467 e. The molecule has 7 heteroatoms. The van der Waals surface area contributed by atoms with Crippen LogP contribution in [0.15, 0.2) is 52.1 Å². The van der Waals surface area contributed by atoms with Gasteiger partial charge in [0.05, 0.1) is 12.8 Å². The predicted octanol–water partition coefficient (Wildman–Crippen LogP) is 2.24. The molecule has 1 fully saturated rings. The van der Waals surface area contributed by atoms with Gasteiger partial charge >= 0.3 is 0 Å². The van der Waals surface area contributed by atoms with Crippen LogP contribution in [-0.4, -0.2) is 55.2 Å². The number of aliphatic hydroxyl groups is 1. The first kappa shape index (κ1) is 18.3. The number of halogens is 1. The minimum Gasteiger partial charge on any atom is -0.467 e. The topological polar surface area (TPSA) is 64.2 Å². The van der Waals surface area contributed by atoms with Gasteiger partial charge in [0.15, 0.2) is 5.96 Å². The Morgan fingerprint density at radius 1 is 1.23 bits per heavy atom. The van der Waals surface area contributed by atoms with Crippen LogP contribution in [-0.2, 0) is 0 Å². The lowest BCUT2D eigenvalue weighted by atomic mass is 10.2. The Morgan fingerprint density at radius 3 is 2.58 bits per heavy atom. The van der Waals surface area contributed by atoms with E-state index in [-0.39, 0.29) is 12.4 Å². The highest BCUT2D eigenvalue weighted by atomic mass is 19.1. The second-order valence-electron chi connectivity index (χ2n) is 6.18. The molecule has 1 aromatic heterocycles. The third-order valence-corrected chi connectivity index (χ3v) is 4.39. The van der Waals surface area contributed by atoms with Crippen molar-refractivity contribution in [2.45, 2.75) is 13.0 Å². The number of hydrogen-bond acceptors (Lipinski definition) is 4. The van der Waals surface area contributed by atoms with Gasteiger partial charge in [0.25, 0.3) is 0 Å². The second-order valence-corrected chi connectivity index (χ2v) is 6.18. The zero-order chi connectivity index (χ0) is 18.4. The third-order valence-electron chi connectivity index (χ3n) is 4.39. The average Bonchev–Trinajstić information content (AvgIpc) is 3.21. The van der Waals surface area contributed by atoms with Crippen molar-refractivity contribution < 1.29 is 13.9 Å². The van der Waals surface area contributed by atoms with Crippen molar-refractivity contribution in [1.82, 2.24) is 10.2 Å². The van der Waals surface area contributed by atoms with Crippen molar-refractivity contribution in [3.05, 3.63) is 54.2 Å². The molecule has 1 unspecified atom stereocenters. The van der Waals surface area contributed by atoms with Crippen molar-refractivity contribution in [2.24, 2.45) is 4.99 Å². The van der Waals surface area contributed by atoms with Gasteiger partial charge in [-0.1, -0.05) is 0 Å². The van der Waals surface area contributed by atoms with E-state index in [9.17, 15) is 9.50 Å². The molecule has 26 heavy (non-hydrogen) atoms. The Hall–Kier alpha value is -2.54. The van der Waals surface area contributed by atoms with E-state index in [1.807, 2.05) is 19.1 Å². The van der Waals surface area contributed by atoms with E-state index in [2.05, 4.69) is 20.1 Å². The first-order valence-corrected chi connectivity index (χ1v) is 8.92.